The molecular formula is C60H62N4O. The van der Waals surface area contributed by atoms with Crippen LogP contribution in [0.1, 0.15) is 123 Å². The average molecular weight is 855 g/mol. The van der Waals surface area contributed by atoms with E-state index in [1.807, 2.05) is 0 Å². The van der Waals surface area contributed by atoms with E-state index in [-0.39, 0.29) is 17.6 Å². The zero-order valence-corrected chi connectivity index (χ0v) is 38.3. The van der Waals surface area contributed by atoms with Crippen molar-refractivity contribution in [1.29, 1.82) is 0 Å². The van der Waals surface area contributed by atoms with Crippen LogP contribution in [0.25, 0.3) is 17.2 Å². The number of rotatable bonds is 7. The lowest BCUT2D eigenvalue weighted by Crippen LogP contribution is -2.55. The second kappa shape index (κ2) is 16.2. The molecule has 3 heterocycles. The smallest absolute Gasteiger partial charge is 0.138 e. The third-order valence-electron chi connectivity index (χ3n) is 16.3. The second-order valence-corrected chi connectivity index (χ2v) is 20.1. The van der Waals surface area contributed by atoms with Crippen molar-refractivity contribution < 1.29 is 4.42 Å². The number of aliphatic imine (C=N–C) groups is 1. The summed E-state index contributed by atoms with van der Waals surface area (Å²) in [6.45, 7) is 4.87. The Hall–Kier alpha value is -5.91. The lowest BCUT2D eigenvalue weighted by atomic mass is 9.69. The quantitative estimate of drug-likeness (QED) is 0.241. The number of fused-ring (bicyclic) bond motifs is 7. The van der Waals surface area contributed by atoms with Crippen molar-refractivity contribution in [3.63, 3.8) is 0 Å². The van der Waals surface area contributed by atoms with E-state index < -0.39 is 5.66 Å². The van der Waals surface area contributed by atoms with Gasteiger partial charge >= 0.3 is 0 Å². The van der Waals surface area contributed by atoms with Crippen LogP contribution < -0.4 is 5.32 Å². The Kier molecular flexibility index (Phi) is 10.1. The lowest BCUT2D eigenvalue weighted by Gasteiger charge is -2.46. The van der Waals surface area contributed by atoms with Gasteiger partial charge in [-0.25, -0.2) is 4.99 Å². The highest BCUT2D eigenvalue weighted by Gasteiger charge is 2.58. The van der Waals surface area contributed by atoms with Gasteiger partial charge in [-0.2, -0.15) is 0 Å². The predicted octanol–water partition coefficient (Wildman–Crippen LogP) is 13.6. The van der Waals surface area contributed by atoms with Crippen molar-refractivity contribution in [1.82, 2.24) is 15.1 Å². The van der Waals surface area contributed by atoms with E-state index >= 15 is 0 Å². The summed E-state index contributed by atoms with van der Waals surface area (Å²) in [5.74, 6) is 4.67. The molecule has 8 atom stereocenters. The maximum absolute atomic E-state index is 7.34. The molecule has 12 rings (SSSR count). The zero-order valence-electron chi connectivity index (χ0n) is 38.3. The van der Waals surface area contributed by atoms with Crippen molar-refractivity contribution in [2.75, 3.05) is 7.05 Å². The fourth-order valence-electron chi connectivity index (χ4n) is 13.2. The molecule has 1 saturated heterocycles. The van der Waals surface area contributed by atoms with E-state index in [1.54, 1.807) is 0 Å². The van der Waals surface area contributed by atoms with Gasteiger partial charge in [-0.05, 0) is 119 Å². The zero-order chi connectivity index (χ0) is 43.7. The molecule has 2 aromatic carbocycles. The Labute approximate surface area is 386 Å². The van der Waals surface area contributed by atoms with Gasteiger partial charge in [-0.15, -0.1) is 0 Å². The normalized spacial score (nSPS) is 32.0. The number of nitrogens with zero attached hydrogens (tertiary/aromatic N) is 3. The molecule has 3 aromatic rings. The highest BCUT2D eigenvalue weighted by atomic mass is 16.3. The molecule has 0 bridgehead atoms. The van der Waals surface area contributed by atoms with Crippen molar-refractivity contribution in [2.24, 2.45) is 28.7 Å². The number of hydrogen-bond donors (Lipinski definition) is 1. The molecule has 2 aliphatic heterocycles. The Bertz CT molecular complexity index is 2790. The molecule has 8 unspecified atom stereocenters. The fourth-order valence-corrected chi connectivity index (χ4v) is 13.2. The number of benzene rings is 2. The summed E-state index contributed by atoms with van der Waals surface area (Å²) in [6.07, 6.45) is 53.0. The third-order valence-corrected chi connectivity index (χ3v) is 16.3. The molecule has 0 radical (unpaired) electrons. The Morgan fingerprint density at radius 2 is 1.62 bits per heavy atom. The summed E-state index contributed by atoms with van der Waals surface area (Å²) in [7, 11) is 2.21. The van der Waals surface area contributed by atoms with Gasteiger partial charge in [0, 0.05) is 64.7 Å². The first-order valence-electron chi connectivity index (χ1n) is 24.6. The molecule has 0 spiro atoms. The number of hydrogen-bond acceptors (Lipinski definition) is 5. The first kappa shape index (κ1) is 40.6. The van der Waals surface area contributed by atoms with E-state index in [0.29, 0.717) is 23.8 Å². The fraction of sp³-hybridized carbons (Fsp3) is 0.350. The standard InChI is InChI=1S/C60H62N4O/c1-59-51(49-30-16-17-33-53(49)64(59)46-28-14-7-15-29-46)36-37-54-55(59)50-32-19-31-48(56(50)65-54)47-35-34-45(44-27-18-26-43(38-44)40-20-8-4-9-21-40)39-52(47)60(2)61-57(41-22-10-5-11-23-41)63(3)58(62-60)42-24-12-6-13-25-42/h4-6,8-14,16-17,20,22-24,27-28,31,33-40,42,46,49,51,57,61H,7,15,18-19,21,25-26,29-30,32H2,1-3H3. The molecule has 0 saturated carbocycles. The maximum Gasteiger partial charge on any atom is 0.138 e. The first-order valence-corrected chi connectivity index (χ1v) is 24.6. The van der Waals surface area contributed by atoms with E-state index in [2.05, 4.69) is 194 Å². The SMILES string of the molecule is CN1C(C2C=CC=CC2)=NC(C)(c2cc(C3=CCCC(C4C=CC=CC4)=C3)ccc2C2=CCCc3c2oc2c3C3(C)C(C=C2)C2CC=CC=C2N3C2C=CCCC2)NC1c1ccccc1. The van der Waals surface area contributed by atoms with Gasteiger partial charge in [-0.1, -0.05) is 145 Å². The number of likely N-dealkylation sites (tertiary alicyclic amines) is 1. The first-order chi connectivity index (χ1) is 31.9. The predicted molar refractivity (Wildman–Crippen MR) is 267 cm³/mol. The van der Waals surface area contributed by atoms with Crippen LogP contribution in [0, 0.1) is 23.7 Å². The third kappa shape index (κ3) is 6.71. The topological polar surface area (TPSA) is 44.0 Å². The molecule has 7 aliphatic carbocycles. The molecule has 65 heavy (non-hydrogen) atoms. The van der Waals surface area contributed by atoms with E-state index in [1.165, 1.54) is 75.1 Å². The summed E-state index contributed by atoms with van der Waals surface area (Å²) in [5, 5.41) is 4.18. The van der Waals surface area contributed by atoms with Crippen LogP contribution >= 0.6 is 0 Å². The van der Waals surface area contributed by atoms with Crippen LogP contribution in [0.2, 0.25) is 0 Å². The second-order valence-electron chi connectivity index (χ2n) is 20.1. The summed E-state index contributed by atoms with van der Waals surface area (Å²) in [6, 6.07) is 18.6. The van der Waals surface area contributed by atoms with Crippen LogP contribution in [0.5, 0.6) is 0 Å². The maximum atomic E-state index is 7.34. The van der Waals surface area contributed by atoms with Gasteiger partial charge in [0.05, 0.1) is 5.54 Å². The van der Waals surface area contributed by atoms with Crippen LogP contribution in [0.4, 0.5) is 0 Å². The molecule has 0 amide bonds. The minimum Gasteiger partial charge on any atom is -0.456 e. The monoisotopic (exact) mass is 854 g/mol. The Morgan fingerprint density at radius 3 is 2.42 bits per heavy atom. The largest absolute Gasteiger partial charge is 0.456 e. The van der Waals surface area contributed by atoms with Gasteiger partial charge in [-0.3, -0.25) is 5.32 Å². The van der Waals surface area contributed by atoms with Gasteiger partial charge in [0.15, 0.2) is 0 Å². The molecule has 1 fully saturated rings. The van der Waals surface area contributed by atoms with Crippen LogP contribution in [0.3, 0.4) is 0 Å². The summed E-state index contributed by atoms with van der Waals surface area (Å²) < 4.78 is 7.34. The van der Waals surface area contributed by atoms with Crippen molar-refractivity contribution in [2.45, 2.75) is 101 Å². The van der Waals surface area contributed by atoms with Crippen LogP contribution in [0.15, 0.2) is 173 Å². The Balaban J connectivity index is 1.02. The van der Waals surface area contributed by atoms with E-state index in [4.69, 9.17) is 9.41 Å². The lowest BCUT2D eigenvalue weighted by molar-refractivity contribution is 0.114. The van der Waals surface area contributed by atoms with Crippen molar-refractivity contribution in [3.8, 4) is 0 Å². The number of furan rings is 1. The van der Waals surface area contributed by atoms with Crippen LogP contribution in [-0.2, 0) is 17.6 Å². The minimum absolute atomic E-state index is 0.0839. The summed E-state index contributed by atoms with van der Waals surface area (Å²) in [4.78, 5) is 11.1. The number of nitrogens with one attached hydrogen (secondary N) is 1. The molecule has 328 valence electrons. The Morgan fingerprint density at radius 1 is 0.800 bits per heavy atom. The molecule has 1 N–H and O–H groups in total. The molecule has 9 aliphatic rings. The summed E-state index contributed by atoms with van der Waals surface area (Å²) in [5.41, 5.74) is 12.2. The molecule has 1 aromatic heterocycles. The van der Waals surface area contributed by atoms with Gasteiger partial charge in [0.25, 0.3) is 0 Å². The highest BCUT2D eigenvalue weighted by Crippen LogP contribution is 2.61. The van der Waals surface area contributed by atoms with Crippen molar-refractivity contribution >= 4 is 23.1 Å². The average Bonchev–Trinajstić information content (AvgIpc) is 3.89. The van der Waals surface area contributed by atoms with Gasteiger partial charge in [0.2, 0.25) is 0 Å². The summed E-state index contributed by atoms with van der Waals surface area (Å²) >= 11 is 0. The van der Waals surface area contributed by atoms with Crippen molar-refractivity contribution in [3.05, 3.63) is 208 Å². The van der Waals surface area contributed by atoms with Crippen LogP contribution in [-0.4, -0.2) is 28.7 Å². The number of allylic oxidation sites excluding steroid dienone is 17. The van der Waals surface area contributed by atoms with Gasteiger partial charge < -0.3 is 14.2 Å². The molecule has 5 heteroatoms. The van der Waals surface area contributed by atoms with E-state index in [9.17, 15) is 0 Å². The highest BCUT2D eigenvalue weighted by molar-refractivity contribution is 5.90. The number of amidine groups is 1. The van der Waals surface area contributed by atoms with E-state index in [0.717, 1.165) is 62.3 Å². The molecular weight excluding hydrogens is 793 g/mol. The minimum atomic E-state index is -0.770. The van der Waals surface area contributed by atoms with Gasteiger partial charge in [0.1, 0.15) is 29.2 Å². The molecule has 5 nitrogen and oxygen atoms in total.